The Morgan fingerprint density at radius 3 is 1.98 bits per heavy atom. The maximum absolute atomic E-state index is 9.60. The fourth-order valence-electron chi connectivity index (χ4n) is 6.09. The van der Waals surface area contributed by atoms with Crippen molar-refractivity contribution in [3.8, 4) is 57.4 Å². The zero-order chi connectivity index (χ0) is 37.7. The van der Waals surface area contributed by atoms with E-state index in [4.69, 9.17) is 34.4 Å². The summed E-state index contributed by atoms with van der Waals surface area (Å²) in [7, 11) is 0. The van der Waals surface area contributed by atoms with Gasteiger partial charge in [0.15, 0.2) is 11.5 Å². The number of hydrogen-bond donors (Lipinski definition) is 1. The van der Waals surface area contributed by atoms with Gasteiger partial charge >= 0.3 is 6.48 Å². The van der Waals surface area contributed by atoms with E-state index in [1.165, 1.54) is 0 Å². The molecule has 13 nitrogen and oxygen atoms in total. The number of aliphatic imine (C=N–C) groups is 2. The van der Waals surface area contributed by atoms with Crippen LogP contribution in [-0.4, -0.2) is 53.7 Å². The second-order valence-electron chi connectivity index (χ2n) is 12.2. The first-order chi connectivity index (χ1) is 27.7. The van der Waals surface area contributed by atoms with Crippen molar-refractivity contribution in [2.45, 2.75) is 6.48 Å². The lowest BCUT2D eigenvalue weighted by Gasteiger charge is -2.22. The molecule has 0 spiro atoms. The Bertz CT molecular complexity index is 2670. The first kappa shape index (κ1) is 33.9. The van der Waals surface area contributed by atoms with E-state index in [2.05, 4.69) is 14.9 Å². The van der Waals surface area contributed by atoms with Crippen molar-refractivity contribution < 1.29 is 24.4 Å². The van der Waals surface area contributed by atoms with Crippen LogP contribution in [0.4, 0.5) is 11.4 Å². The maximum Gasteiger partial charge on any atom is 0.409 e. The molecule has 8 aromatic rings. The summed E-state index contributed by atoms with van der Waals surface area (Å²) < 4.78 is 23.6. The van der Waals surface area contributed by atoms with Crippen LogP contribution >= 0.6 is 0 Å². The van der Waals surface area contributed by atoms with Crippen LogP contribution in [0.15, 0.2) is 168 Å². The van der Waals surface area contributed by atoms with Crippen LogP contribution in [0.3, 0.4) is 0 Å². The summed E-state index contributed by atoms with van der Waals surface area (Å²) >= 11 is 0. The number of ether oxygens (including phenoxy) is 3. The molecule has 56 heavy (non-hydrogen) atoms. The summed E-state index contributed by atoms with van der Waals surface area (Å²) in [4.78, 5) is 23.4. The van der Waals surface area contributed by atoms with Gasteiger partial charge < -0.3 is 19.1 Å². The summed E-state index contributed by atoms with van der Waals surface area (Å²) in [5.74, 6) is 1.06. The smallest absolute Gasteiger partial charge is 0.409 e. The Morgan fingerprint density at radius 1 is 0.643 bits per heavy atom. The summed E-state index contributed by atoms with van der Waals surface area (Å²) in [6.07, 6.45) is 6.66. The van der Waals surface area contributed by atoms with Gasteiger partial charge in [0.2, 0.25) is 11.8 Å². The molecule has 0 aliphatic carbocycles. The van der Waals surface area contributed by atoms with Crippen LogP contribution in [-0.2, 0) is 0 Å². The largest absolute Gasteiger partial charge is 0.420 e. The van der Waals surface area contributed by atoms with Crippen molar-refractivity contribution in [2.75, 3.05) is 0 Å². The molecule has 0 fully saturated rings. The molecule has 13 heteroatoms. The van der Waals surface area contributed by atoms with E-state index >= 15 is 0 Å². The van der Waals surface area contributed by atoms with Gasteiger partial charge in [0.05, 0.1) is 33.9 Å². The lowest BCUT2D eigenvalue weighted by molar-refractivity contribution is -0.145. The minimum Gasteiger partial charge on any atom is -0.420 e. The van der Waals surface area contributed by atoms with Crippen LogP contribution in [0.1, 0.15) is 11.1 Å². The highest BCUT2D eigenvalue weighted by Crippen LogP contribution is 2.38. The number of hydrogen-bond acceptors (Lipinski definition) is 11. The van der Waals surface area contributed by atoms with Gasteiger partial charge in [-0.3, -0.25) is 20.0 Å². The molecular weight excluding hydrogens is 709 g/mol. The van der Waals surface area contributed by atoms with Crippen LogP contribution < -0.4 is 19.1 Å². The average Bonchev–Trinajstić information content (AvgIpc) is 3.83. The second-order valence-corrected chi connectivity index (χ2v) is 12.2. The lowest BCUT2D eigenvalue weighted by Crippen LogP contribution is -2.32. The zero-order valence-electron chi connectivity index (χ0n) is 29.4. The van der Waals surface area contributed by atoms with Crippen molar-refractivity contribution in [1.82, 2.24) is 29.5 Å². The summed E-state index contributed by atoms with van der Waals surface area (Å²) in [6, 6.07) is 44.4. The third kappa shape index (κ3) is 6.72. The maximum atomic E-state index is 9.60. The fraction of sp³-hybridized carbons (Fsp3) is 0.0233. The number of nitrogens with zero attached hydrogens (tertiary/aromatic N) is 8. The minimum absolute atomic E-state index is 0.158. The molecule has 4 aromatic heterocycles. The van der Waals surface area contributed by atoms with Gasteiger partial charge in [0, 0.05) is 24.8 Å². The number of para-hydroxylation sites is 6. The first-order valence-corrected chi connectivity index (χ1v) is 17.5. The summed E-state index contributed by atoms with van der Waals surface area (Å²) in [6.45, 7) is -1.46. The van der Waals surface area contributed by atoms with E-state index in [0.29, 0.717) is 62.6 Å². The van der Waals surface area contributed by atoms with Gasteiger partial charge in [-0.05, 0) is 72.8 Å². The molecule has 1 unspecified atom stereocenters. The minimum atomic E-state index is -1.46. The Morgan fingerprint density at radius 2 is 1.27 bits per heavy atom. The quantitative estimate of drug-likeness (QED) is 0.0874. The van der Waals surface area contributed by atoms with E-state index in [-0.39, 0.29) is 11.6 Å². The van der Waals surface area contributed by atoms with Gasteiger partial charge in [-0.1, -0.05) is 72.8 Å². The highest BCUT2D eigenvalue weighted by molar-refractivity contribution is 5.94. The van der Waals surface area contributed by atoms with Gasteiger partial charge in [-0.25, -0.2) is 5.26 Å². The normalized spacial score (nSPS) is 14.0. The molecule has 9 rings (SSSR count). The van der Waals surface area contributed by atoms with E-state index in [1.54, 1.807) is 64.5 Å². The predicted octanol–water partition coefficient (Wildman–Crippen LogP) is 8.67. The second kappa shape index (κ2) is 15.2. The molecule has 272 valence electrons. The Hall–Kier alpha value is -7.90. The number of aromatic nitrogens is 6. The molecule has 0 radical (unpaired) electrons. The number of benzene rings is 4. The van der Waals surface area contributed by atoms with E-state index in [1.807, 2.05) is 115 Å². The van der Waals surface area contributed by atoms with Crippen LogP contribution in [0, 0.1) is 0 Å². The van der Waals surface area contributed by atoms with Crippen molar-refractivity contribution in [3.63, 3.8) is 0 Å². The summed E-state index contributed by atoms with van der Waals surface area (Å²) in [5, 5.41) is 19.6. The highest BCUT2D eigenvalue weighted by atomic mass is 17.1. The van der Waals surface area contributed by atoms with Crippen molar-refractivity contribution in [3.05, 3.63) is 169 Å². The standard InChI is InChI=1S/C43H30N8O5/c52-56-38-24-10-8-20-34(38)47-28-32-40(36-22-12-14-26-45-36)49-51(30-17-5-2-6-18-30)42(32)55-43-53-37-23-9-7-19-33(37)46-27-31-39(35-21-11-13-25-44-35)48-50(41(31)54-43)29-15-3-1-4-16-29/h1-28,43,52H/b46-27+,47-28+. The lowest BCUT2D eigenvalue weighted by atomic mass is 10.2. The Labute approximate surface area is 320 Å². The highest BCUT2D eigenvalue weighted by Gasteiger charge is 2.31. The monoisotopic (exact) mass is 738 g/mol. The van der Waals surface area contributed by atoms with Gasteiger partial charge in [-0.15, -0.1) is 0 Å². The van der Waals surface area contributed by atoms with Gasteiger partial charge in [-0.2, -0.15) is 19.6 Å². The molecule has 1 aliphatic heterocycles. The number of rotatable bonds is 9. The molecule has 1 aliphatic rings. The molecule has 1 atom stereocenters. The molecule has 0 saturated carbocycles. The molecule has 0 bridgehead atoms. The van der Waals surface area contributed by atoms with Crippen molar-refractivity contribution in [1.29, 1.82) is 0 Å². The van der Waals surface area contributed by atoms with E-state index < -0.39 is 6.48 Å². The van der Waals surface area contributed by atoms with Crippen molar-refractivity contribution in [2.24, 2.45) is 9.98 Å². The van der Waals surface area contributed by atoms with Gasteiger partial charge in [0.25, 0.3) is 0 Å². The number of fused-ring (bicyclic) bond motifs is 2. The fourth-order valence-corrected chi connectivity index (χ4v) is 6.09. The van der Waals surface area contributed by atoms with Crippen LogP contribution in [0.2, 0.25) is 0 Å². The van der Waals surface area contributed by atoms with E-state index in [0.717, 1.165) is 5.69 Å². The molecule has 4 aromatic carbocycles. The average molecular weight is 739 g/mol. The third-order valence-corrected chi connectivity index (χ3v) is 8.71. The summed E-state index contributed by atoms with van der Waals surface area (Å²) in [5.41, 5.74) is 5.44. The predicted molar refractivity (Wildman–Crippen MR) is 210 cm³/mol. The topological polar surface area (TPSA) is 143 Å². The molecule has 0 saturated heterocycles. The van der Waals surface area contributed by atoms with E-state index in [9.17, 15) is 5.26 Å². The molecule has 5 heterocycles. The van der Waals surface area contributed by atoms with Gasteiger partial charge in [0.1, 0.15) is 22.8 Å². The Balaban J connectivity index is 1.25. The molecule has 1 N–H and O–H groups in total. The first-order valence-electron chi connectivity index (χ1n) is 17.5. The Kier molecular flexibility index (Phi) is 9.21. The molecule has 0 amide bonds. The molecular formula is C43H30N8O5. The number of pyridine rings is 2. The van der Waals surface area contributed by atoms with Crippen LogP contribution in [0.5, 0.6) is 23.3 Å². The van der Waals surface area contributed by atoms with Crippen molar-refractivity contribution >= 4 is 23.8 Å². The van der Waals surface area contributed by atoms with Crippen LogP contribution in [0.25, 0.3) is 34.2 Å². The SMILES string of the molecule is OOc1ccccc1/N=C/c1c(-c2ccccn2)nn(-c2ccccc2)c1OC1Oc2ccccc2/N=C/c2c(-c3ccccn3)nn(-c3ccccc3)c2O1. The zero-order valence-corrected chi connectivity index (χ0v) is 29.4. The third-order valence-electron chi connectivity index (χ3n) is 8.71.